The molecule has 1 aromatic heterocycles. The summed E-state index contributed by atoms with van der Waals surface area (Å²) in [4.78, 5) is 0. The van der Waals surface area contributed by atoms with Crippen LogP contribution in [0.3, 0.4) is 0 Å². The number of aromatic nitrogens is 2. The van der Waals surface area contributed by atoms with Crippen molar-refractivity contribution < 1.29 is 9.84 Å². The molecule has 0 aromatic carbocycles. The fourth-order valence-electron chi connectivity index (χ4n) is 1.34. The molecule has 0 saturated heterocycles. The number of aliphatic hydroxyl groups excluding tert-OH is 1. The average molecular weight is 184 g/mol. The molecule has 0 amide bonds. The van der Waals surface area contributed by atoms with Gasteiger partial charge in [-0.25, -0.2) is 0 Å². The molecule has 13 heavy (non-hydrogen) atoms. The lowest BCUT2D eigenvalue weighted by Gasteiger charge is -2.05. The lowest BCUT2D eigenvalue weighted by Crippen LogP contribution is -2.04. The van der Waals surface area contributed by atoms with Crippen LogP contribution in [0, 0.1) is 0 Å². The van der Waals surface area contributed by atoms with Crippen molar-refractivity contribution in [3.05, 3.63) is 11.9 Å². The van der Waals surface area contributed by atoms with Crippen LogP contribution in [0.1, 0.15) is 19.0 Å². The van der Waals surface area contributed by atoms with Gasteiger partial charge < -0.3 is 9.84 Å². The molecule has 1 N–H and O–H groups in total. The molecular formula is C9H16N2O2. The van der Waals surface area contributed by atoms with E-state index in [9.17, 15) is 0 Å². The van der Waals surface area contributed by atoms with Gasteiger partial charge in [-0.15, -0.1) is 0 Å². The fourth-order valence-corrected chi connectivity index (χ4v) is 1.34. The Kier molecular flexibility index (Phi) is 3.76. The second-order valence-corrected chi connectivity index (χ2v) is 2.80. The van der Waals surface area contributed by atoms with Crippen LogP contribution in [0.2, 0.25) is 0 Å². The minimum absolute atomic E-state index is 0.206. The summed E-state index contributed by atoms with van der Waals surface area (Å²) in [7, 11) is 1.64. The first-order chi connectivity index (χ1) is 6.33. The van der Waals surface area contributed by atoms with Gasteiger partial charge in [0, 0.05) is 13.2 Å². The largest absolute Gasteiger partial charge is 0.493 e. The second-order valence-electron chi connectivity index (χ2n) is 2.80. The van der Waals surface area contributed by atoms with Crippen molar-refractivity contribution in [1.29, 1.82) is 0 Å². The van der Waals surface area contributed by atoms with Crippen molar-refractivity contribution >= 4 is 0 Å². The maximum atomic E-state index is 8.72. The van der Waals surface area contributed by atoms with Gasteiger partial charge in [0.15, 0.2) is 5.75 Å². The van der Waals surface area contributed by atoms with Crippen LogP contribution in [0.4, 0.5) is 0 Å². The highest BCUT2D eigenvalue weighted by Gasteiger charge is 2.08. The average Bonchev–Trinajstić information content (AvgIpc) is 2.56. The van der Waals surface area contributed by atoms with Crippen molar-refractivity contribution in [2.75, 3.05) is 13.7 Å². The summed E-state index contributed by atoms with van der Waals surface area (Å²) in [6.45, 7) is 3.08. The number of ether oxygens (including phenoxy) is 1. The molecule has 1 aromatic rings. The minimum atomic E-state index is 0.206. The molecule has 0 aliphatic carbocycles. The number of aryl methyl sites for hydroxylation is 1. The van der Waals surface area contributed by atoms with E-state index in [4.69, 9.17) is 9.84 Å². The summed E-state index contributed by atoms with van der Waals surface area (Å²) in [6, 6.07) is 0. The monoisotopic (exact) mass is 184 g/mol. The van der Waals surface area contributed by atoms with Crippen molar-refractivity contribution in [2.24, 2.45) is 0 Å². The van der Waals surface area contributed by atoms with Crippen molar-refractivity contribution in [3.8, 4) is 5.75 Å². The third-order valence-electron chi connectivity index (χ3n) is 2.00. The summed E-state index contributed by atoms with van der Waals surface area (Å²) < 4.78 is 7.06. The number of hydrogen-bond acceptors (Lipinski definition) is 3. The Hall–Kier alpha value is -1.03. The van der Waals surface area contributed by atoms with Gasteiger partial charge in [-0.3, -0.25) is 4.68 Å². The van der Waals surface area contributed by atoms with E-state index in [1.807, 2.05) is 11.6 Å². The standard InChI is InChI=1S/C9H16N2O2/c1-3-11-8(5-4-6-12)9(13-2)7-10-11/h7,12H,3-6H2,1-2H3. The molecule has 4 nitrogen and oxygen atoms in total. The molecule has 1 heterocycles. The predicted octanol–water partition coefficient (Wildman–Crippen LogP) is 0.837. The van der Waals surface area contributed by atoms with E-state index in [0.717, 1.165) is 30.8 Å². The smallest absolute Gasteiger partial charge is 0.159 e. The first-order valence-corrected chi connectivity index (χ1v) is 4.53. The van der Waals surface area contributed by atoms with Crippen LogP contribution >= 0.6 is 0 Å². The van der Waals surface area contributed by atoms with Gasteiger partial charge in [0.2, 0.25) is 0 Å². The van der Waals surface area contributed by atoms with Crippen LogP contribution in [0.25, 0.3) is 0 Å². The van der Waals surface area contributed by atoms with Crippen LogP contribution < -0.4 is 4.74 Å². The molecule has 0 bridgehead atoms. The zero-order valence-corrected chi connectivity index (χ0v) is 8.16. The third-order valence-corrected chi connectivity index (χ3v) is 2.00. The van der Waals surface area contributed by atoms with Gasteiger partial charge in [-0.1, -0.05) is 0 Å². The maximum absolute atomic E-state index is 8.72. The Balaban J connectivity index is 2.78. The Morgan fingerprint density at radius 2 is 2.38 bits per heavy atom. The normalized spacial score (nSPS) is 10.4. The first-order valence-electron chi connectivity index (χ1n) is 4.53. The lowest BCUT2D eigenvalue weighted by molar-refractivity contribution is 0.286. The summed E-state index contributed by atoms with van der Waals surface area (Å²) >= 11 is 0. The van der Waals surface area contributed by atoms with E-state index in [1.165, 1.54) is 0 Å². The SMILES string of the molecule is CCn1ncc(OC)c1CCCO. The highest BCUT2D eigenvalue weighted by molar-refractivity contribution is 5.25. The molecule has 1 rings (SSSR count). The van der Waals surface area contributed by atoms with Crippen LogP contribution in [-0.2, 0) is 13.0 Å². The van der Waals surface area contributed by atoms with Crippen LogP contribution in [-0.4, -0.2) is 28.6 Å². The van der Waals surface area contributed by atoms with Gasteiger partial charge in [0.25, 0.3) is 0 Å². The van der Waals surface area contributed by atoms with E-state index in [1.54, 1.807) is 13.3 Å². The van der Waals surface area contributed by atoms with Crippen LogP contribution in [0.5, 0.6) is 5.75 Å². The van der Waals surface area contributed by atoms with Crippen molar-refractivity contribution in [1.82, 2.24) is 9.78 Å². The molecule has 4 heteroatoms. The Labute approximate surface area is 78.1 Å². The molecule has 0 fully saturated rings. The molecule has 74 valence electrons. The zero-order valence-electron chi connectivity index (χ0n) is 8.16. The summed E-state index contributed by atoms with van der Waals surface area (Å²) in [5.74, 6) is 0.815. The maximum Gasteiger partial charge on any atom is 0.159 e. The topological polar surface area (TPSA) is 47.3 Å². The molecular weight excluding hydrogens is 168 g/mol. The number of hydrogen-bond donors (Lipinski definition) is 1. The van der Waals surface area contributed by atoms with Gasteiger partial charge in [-0.2, -0.15) is 5.10 Å². The second kappa shape index (κ2) is 4.87. The molecule has 0 spiro atoms. The molecule has 0 saturated carbocycles. The molecule has 0 radical (unpaired) electrons. The first kappa shape index (κ1) is 10.1. The molecule has 0 aliphatic rings. The number of methoxy groups -OCH3 is 1. The minimum Gasteiger partial charge on any atom is -0.493 e. The summed E-state index contributed by atoms with van der Waals surface area (Å²) in [6.07, 6.45) is 3.28. The van der Waals surface area contributed by atoms with E-state index < -0.39 is 0 Å². The van der Waals surface area contributed by atoms with Gasteiger partial charge in [-0.05, 0) is 19.8 Å². The lowest BCUT2D eigenvalue weighted by atomic mass is 10.2. The predicted molar refractivity (Wildman–Crippen MR) is 49.9 cm³/mol. The molecule has 0 atom stereocenters. The Morgan fingerprint density at radius 3 is 2.92 bits per heavy atom. The van der Waals surface area contributed by atoms with E-state index >= 15 is 0 Å². The van der Waals surface area contributed by atoms with Gasteiger partial charge in [0.05, 0.1) is 19.0 Å². The third kappa shape index (κ3) is 2.21. The fraction of sp³-hybridized carbons (Fsp3) is 0.667. The molecule has 0 aliphatic heterocycles. The number of aliphatic hydroxyl groups is 1. The zero-order chi connectivity index (χ0) is 9.68. The van der Waals surface area contributed by atoms with Crippen molar-refractivity contribution in [2.45, 2.75) is 26.3 Å². The van der Waals surface area contributed by atoms with E-state index in [2.05, 4.69) is 5.10 Å². The number of nitrogens with zero attached hydrogens (tertiary/aromatic N) is 2. The van der Waals surface area contributed by atoms with Crippen molar-refractivity contribution in [3.63, 3.8) is 0 Å². The van der Waals surface area contributed by atoms with Crippen LogP contribution in [0.15, 0.2) is 6.20 Å². The quantitative estimate of drug-likeness (QED) is 0.737. The van der Waals surface area contributed by atoms with Gasteiger partial charge >= 0.3 is 0 Å². The number of rotatable bonds is 5. The molecule has 0 unspecified atom stereocenters. The van der Waals surface area contributed by atoms with Gasteiger partial charge in [0.1, 0.15) is 0 Å². The van der Waals surface area contributed by atoms with E-state index in [0.29, 0.717) is 0 Å². The highest BCUT2D eigenvalue weighted by atomic mass is 16.5. The Bertz CT molecular complexity index is 237. The Morgan fingerprint density at radius 1 is 1.62 bits per heavy atom. The summed E-state index contributed by atoms with van der Waals surface area (Å²) in [5, 5.41) is 12.9. The highest BCUT2D eigenvalue weighted by Crippen LogP contribution is 2.18. The summed E-state index contributed by atoms with van der Waals surface area (Å²) in [5.41, 5.74) is 1.07. The van der Waals surface area contributed by atoms with E-state index in [-0.39, 0.29) is 6.61 Å².